The van der Waals surface area contributed by atoms with Gasteiger partial charge in [-0.15, -0.1) is 11.3 Å². The van der Waals surface area contributed by atoms with E-state index in [9.17, 15) is 9.59 Å². The molecule has 0 aliphatic rings. The van der Waals surface area contributed by atoms with E-state index in [0.717, 1.165) is 30.5 Å². The molecule has 0 saturated heterocycles. The molecule has 1 aromatic rings. The average molecular weight is 358 g/mol. The number of thiophene rings is 1. The molecule has 23 heavy (non-hydrogen) atoms. The van der Waals surface area contributed by atoms with Gasteiger partial charge in [0.2, 0.25) is 0 Å². The first kappa shape index (κ1) is 20.1. The van der Waals surface area contributed by atoms with Crippen LogP contribution in [0.4, 0.5) is 5.69 Å². The fourth-order valence-electron chi connectivity index (χ4n) is 3.20. The molecule has 130 valence electrons. The molecular formula is C17H29NO3PS+. The number of methoxy groups -OCH3 is 1. The first-order valence-corrected chi connectivity index (χ1v) is 11.5. The Labute approximate surface area is 144 Å². The van der Waals surface area contributed by atoms with E-state index in [-0.39, 0.29) is 11.6 Å². The highest BCUT2D eigenvalue weighted by Gasteiger charge is 2.44. The number of carbonyl (C=O) groups excluding carboxylic acids is 2. The molecule has 1 rings (SSSR count). The van der Waals surface area contributed by atoms with Crippen molar-refractivity contribution >= 4 is 36.2 Å². The number of amides is 1. The Morgan fingerprint density at radius 1 is 1.22 bits per heavy atom. The van der Waals surface area contributed by atoms with E-state index in [1.165, 1.54) is 18.4 Å². The predicted octanol–water partition coefficient (Wildman–Crippen LogP) is 4.64. The molecule has 0 aliphatic heterocycles. The number of anilines is 1. The molecule has 4 nitrogen and oxygen atoms in total. The lowest BCUT2D eigenvalue weighted by atomic mass is 10.2. The van der Waals surface area contributed by atoms with E-state index in [4.69, 9.17) is 4.74 Å². The summed E-state index contributed by atoms with van der Waals surface area (Å²) in [7, 11) is 0.0516. The van der Waals surface area contributed by atoms with E-state index in [0.29, 0.717) is 10.6 Å². The monoisotopic (exact) mass is 358 g/mol. The van der Waals surface area contributed by atoms with Crippen molar-refractivity contribution in [3.05, 3.63) is 15.8 Å². The number of rotatable bonds is 8. The van der Waals surface area contributed by atoms with Gasteiger partial charge in [-0.3, -0.25) is 4.79 Å². The maximum atomic E-state index is 12.9. The zero-order valence-electron chi connectivity index (χ0n) is 15.1. The molecule has 0 aliphatic carbocycles. The number of nitrogens with one attached hydrogen (secondary N) is 1. The Balaban J connectivity index is 3.11. The van der Waals surface area contributed by atoms with Crippen LogP contribution in [0.25, 0.3) is 0 Å². The Kier molecular flexibility index (Phi) is 7.69. The van der Waals surface area contributed by atoms with Crippen LogP contribution in [0.2, 0.25) is 0 Å². The molecule has 0 radical (unpaired) electrons. The number of hydrogen-bond acceptors (Lipinski definition) is 4. The highest BCUT2D eigenvalue weighted by atomic mass is 32.1. The average Bonchev–Trinajstić information content (AvgIpc) is 2.92. The number of ether oxygens (including phenoxy) is 1. The summed E-state index contributed by atoms with van der Waals surface area (Å²) in [6.45, 7) is 10.6. The number of hydrogen-bond donors (Lipinski definition) is 1. The van der Waals surface area contributed by atoms with Crippen molar-refractivity contribution in [3.63, 3.8) is 0 Å². The first-order valence-electron chi connectivity index (χ1n) is 8.23. The quantitative estimate of drug-likeness (QED) is 0.544. The van der Waals surface area contributed by atoms with Gasteiger partial charge in [0, 0.05) is 7.26 Å². The van der Waals surface area contributed by atoms with E-state index in [1.807, 2.05) is 12.3 Å². The molecule has 1 atom stereocenters. The molecule has 1 unspecified atom stereocenters. The third-order valence-corrected chi connectivity index (χ3v) is 11.6. The van der Waals surface area contributed by atoms with E-state index in [2.05, 4.69) is 33.0 Å². The van der Waals surface area contributed by atoms with Gasteiger partial charge in [0.15, 0.2) is 0 Å². The van der Waals surface area contributed by atoms with Crippen molar-refractivity contribution in [2.45, 2.75) is 46.7 Å². The summed E-state index contributed by atoms with van der Waals surface area (Å²) in [5.41, 5.74) is 1.58. The third kappa shape index (κ3) is 4.13. The summed E-state index contributed by atoms with van der Waals surface area (Å²) in [4.78, 5) is 25.3. The molecule has 0 spiro atoms. The minimum Gasteiger partial charge on any atom is -0.465 e. The lowest BCUT2D eigenvalue weighted by Gasteiger charge is -2.31. The smallest absolute Gasteiger partial charge is 0.350 e. The second-order valence-corrected chi connectivity index (χ2v) is 11.5. The first-order chi connectivity index (χ1) is 10.9. The second-order valence-electron chi connectivity index (χ2n) is 5.69. The van der Waals surface area contributed by atoms with Crippen LogP contribution < -0.4 is 5.32 Å². The lowest BCUT2D eigenvalue weighted by molar-refractivity contribution is -0.115. The topological polar surface area (TPSA) is 55.4 Å². The zero-order chi connectivity index (χ0) is 17.6. The zero-order valence-corrected chi connectivity index (χ0v) is 16.8. The van der Waals surface area contributed by atoms with Crippen LogP contribution >= 0.6 is 18.6 Å². The van der Waals surface area contributed by atoms with Crippen LogP contribution in [-0.2, 0) is 9.53 Å². The van der Waals surface area contributed by atoms with Gasteiger partial charge in [-0.1, -0.05) is 6.92 Å². The van der Waals surface area contributed by atoms with Crippen molar-refractivity contribution in [3.8, 4) is 0 Å². The van der Waals surface area contributed by atoms with Crippen LogP contribution in [0.3, 0.4) is 0 Å². The standard InChI is InChI=1S/C17H28NO3PS/c1-7-13(22(8-2,9-3)10-4)16(19)18-14-12(5)11-23-15(14)17(20)21-6/h11,13H,7-10H2,1-6H3/p+1. The number of esters is 1. The van der Waals surface area contributed by atoms with Crippen molar-refractivity contribution in [2.24, 2.45) is 0 Å². The Hall–Kier alpha value is -0.930. The van der Waals surface area contributed by atoms with Crippen LogP contribution in [0.5, 0.6) is 0 Å². The summed E-state index contributed by atoms with van der Waals surface area (Å²) >= 11 is 1.31. The summed E-state index contributed by atoms with van der Waals surface area (Å²) in [5, 5.41) is 4.91. The second kappa shape index (κ2) is 8.79. The lowest BCUT2D eigenvalue weighted by Crippen LogP contribution is -2.33. The van der Waals surface area contributed by atoms with Gasteiger partial charge in [-0.2, -0.15) is 0 Å². The fourth-order valence-corrected chi connectivity index (χ4v) is 8.12. The van der Waals surface area contributed by atoms with Gasteiger partial charge >= 0.3 is 5.97 Å². The van der Waals surface area contributed by atoms with E-state index >= 15 is 0 Å². The van der Waals surface area contributed by atoms with Gasteiger partial charge in [-0.25, -0.2) is 4.79 Å². The maximum absolute atomic E-state index is 12.9. The van der Waals surface area contributed by atoms with E-state index < -0.39 is 13.2 Å². The van der Waals surface area contributed by atoms with Gasteiger partial charge < -0.3 is 10.1 Å². The fraction of sp³-hybridized carbons (Fsp3) is 0.647. The predicted molar refractivity (Wildman–Crippen MR) is 102 cm³/mol. The van der Waals surface area contributed by atoms with Gasteiger partial charge in [0.1, 0.15) is 10.5 Å². The number of carbonyl (C=O) groups is 2. The Morgan fingerprint density at radius 3 is 2.22 bits per heavy atom. The largest absolute Gasteiger partial charge is 0.465 e. The molecule has 1 N–H and O–H groups in total. The summed E-state index contributed by atoms with van der Waals surface area (Å²) < 4.78 is 4.82. The van der Waals surface area contributed by atoms with Gasteiger partial charge in [-0.05, 0) is 45.1 Å². The molecule has 1 heterocycles. The molecule has 1 amide bonds. The molecule has 0 fully saturated rings. The minimum atomic E-state index is -1.31. The molecule has 0 bridgehead atoms. The van der Waals surface area contributed by atoms with E-state index in [1.54, 1.807) is 0 Å². The van der Waals surface area contributed by atoms with Crippen LogP contribution in [0, 0.1) is 6.92 Å². The normalized spacial score (nSPS) is 12.8. The van der Waals surface area contributed by atoms with Gasteiger partial charge in [0.05, 0.1) is 31.3 Å². The summed E-state index contributed by atoms with van der Waals surface area (Å²) in [6.07, 6.45) is 4.08. The molecule has 1 aromatic heterocycles. The van der Waals surface area contributed by atoms with Crippen molar-refractivity contribution in [1.82, 2.24) is 0 Å². The van der Waals surface area contributed by atoms with Gasteiger partial charge in [0.25, 0.3) is 5.91 Å². The molecular weight excluding hydrogens is 329 g/mol. The Bertz CT molecular complexity index is 544. The molecule has 6 heteroatoms. The van der Waals surface area contributed by atoms with Crippen molar-refractivity contribution in [2.75, 3.05) is 30.9 Å². The SMILES string of the molecule is CCC(C(=O)Nc1c(C)csc1C(=O)OC)[P+](CC)(CC)CC. The van der Waals surface area contributed by atoms with Crippen LogP contribution in [0.15, 0.2) is 5.38 Å². The number of aryl methyl sites for hydroxylation is 1. The maximum Gasteiger partial charge on any atom is 0.350 e. The van der Waals surface area contributed by atoms with Crippen LogP contribution in [-0.4, -0.2) is 43.1 Å². The Morgan fingerprint density at radius 2 is 1.78 bits per heavy atom. The minimum absolute atomic E-state index is 0.0484. The van der Waals surface area contributed by atoms with Crippen LogP contribution in [0.1, 0.15) is 49.4 Å². The highest BCUT2D eigenvalue weighted by molar-refractivity contribution is 7.77. The third-order valence-electron chi connectivity index (χ3n) is 4.83. The summed E-state index contributed by atoms with van der Waals surface area (Å²) in [6, 6.07) is 0. The van der Waals surface area contributed by atoms with Crippen molar-refractivity contribution < 1.29 is 14.3 Å². The summed E-state index contributed by atoms with van der Waals surface area (Å²) in [5.74, 6) is -0.341. The highest BCUT2D eigenvalue weighted by Crippen LogP contribution is 2.63. The molecule has 0 aromatic carbocycles. The molecule has 0 saturated carbocycles. The van der Waals surface area contributed by atoms with Crippen molar-refractivity contribution in [1.29, 1.82) is 0 Å².